The van der Waals surface area contributed by atoms with Crippen LogP contribution in [0.1, 0.15) is 29.9 Å². The van der Waals surface area contributed by atoms with Crippen LogP contribution in [0.4, 0.5) is 4.39 Å². The molecule has 1 aliphatic rings. The van der Waals surface area contributed by atoms with Gasteiger partial charge in [-0.3, -0.25) is 14.8 Å². The summed E-state index contributed by atoms with van der Waals surface area (Å²) in [6, 6.07) is 15.6. The van der Waals surface area contributed by atoms with E-state index in [9.17, 15) is 14.5 Å². The highest BCUT2D eigenvalue weighted by Gasteiger charge is 2.28. The third kappa shape index (κ3) is 3.17. The minimum Gasteiger partial charge on any atom is -0.339 e. The number of hydrogen-bond donors (Lipinski definition) is 1. The van der Waals surface area contributed by atoms with Crippen molar-refractivity contribution in [3.63, 3.8) is 0 Å². The molecule has 1 unspecified atom stereocenters. The summed E-state index contributed by atoms with van der Waals surface area (Å²) < 4.78 is 15.1. The van der Waals surface area contributed by atoms with Crippen molar-refractivity contribution in [2.24, 2.45) is 0 Å². The second-order valence-electron chi connectivity index (χ2n) is 6.90. The molecule has 1 aromatic heterocycles. The van der Waals surface area contributed by atoms with Crippen LogP contribution in [0.25, 0.3) is 23.4 Å². The SMILES string of the molecule is Nn1c(-c2ccccc2)c(C(C[N+](=O)[O-])c2ccc(F)cc2)c2c1=CCCC=2. The zero-order valence-corrected chi connectivity index (χ0v) is 15.2. The highest BCUT2D eigenvalue weighted by Crippen LogP contribution is 2.31. The molecule has 1 atom stereocenters. The Bertz CT molecular complexity index is 1140. The lowest BCUT2D eigenvalue weighted by molar-refractivity contribution is -0.481. The molecule has 2 N–H and O–H groups in total. The summed E-state index contributed by atoms with van der Waals surface area (Å²) in [7, 11) is 0. The van der Waals surface area contributed by atoms with Gasteiger partial charge >= 0.3 is 0 Å². The van der Waals surface area contributed by atoms with Crippen LogP contribution in [0.2, 0.25) is 0 Å². The average Bonchev–Trinajstić information content (AvgIpc) is 3.00. The normalized spacial score (nSPS) is 13.9. The van der Waals surface area contributed by atoms with Gasteiger partial charge in [-0.25, -0.2) is 4.39 Å². The van der Waals surface area contributed by atoms with Crippen molar-refractivity contribution in [1.29, 1.82) is 0 Å². The highest BCUT2D eigenvalue weighted by atomic mass is 19.1. The van der Waals surface area contributed by atoms with E-state index < -0.39 is 5.92 Å². The first-order valence-corrected chi connectivity index (χ1v) is 9.19. The molecule has 0 saturated carbocycles. The fourth-order valence-electron chi connectivity index (χ4n) is 3.97. The second-order valence-corrected chi connectivity index (χ2v) is 6.90. The Hall–Kier alpha value is -3.41. The predicted octanol–water partition coefficient (Wildman–Crippen LogP) is 2.77. The molecule has 1 aliphatic carbocycles. The summed E-state index contributed by atoms with van der Waals surface area (Å²) in [6.45, 7) is -0.296. The van der Waals surface area contributed by atoms with Crippen LogP contribution in [0.3, 0.4) is 0 Å². The van der Waals surface area contributed by atoms with Crippen LogP contribution in [-0.4, -0.2) is 16.1 Å². The molecule has 0 radical (unpaired) electrons. The zero-order chi connectivity index (χ0) is 19.7. The molecule has 3 aromatic rings. The number of halogens is 1. The fourth-order valence-corrected chi connectivity index (χ4v) is 3.97. The number of fused-ring (bicyclic) bond motifs is 1. The largest absolute Gasteiger partial charge is 0.339 e. The molecule has 0 bridgehead atoms. The smallest absolute Gasteiger partial charge is 0.214 e. The molecule has 0 spiro atoms. The fraction of sp³-hybridized carbons (Fsp3) is 0.182. The Morgan fingerprint density at radius 3 is 2.43 bits per heavy atom. The van der Waals surface area contributed by atoms with Crippen LogP contribution < -0.4 is 16.4 Å². The first-order valence-electron chi connectivity index (χ1n) is 9.19. The van der Waals surface area contributed by atoms with Crippen LogP contribution in [0.5, 0.6) is 0 Å². The maximum Gasteiger partial charge on any atom is 0.214 e. The maximum absolute atomic E-state index is 13.5. The van der Waals surface area contributed by atoms with E-state index in [4.69, 9.17) is 5.84 Å². The molecule has 0 saturated heterocycles. The Morgan fingerprint density at radius 1 is 1.07 bits per heavy atom. The van der Waals surface area contributed by atoms with Gasteiger partial charge in [0.2, 0.25) is 6.54 Å². The summed E-state index contributed by atoms with van der Waals surface area (Å²) in [5.74, 6) is 5.56. The zero-order valence-electron chi connectivity index (χ0n) is 15.2. The number of nitrogen functional groups attached to an aromatic ring is 1. The van der Waals surface area contributed by atoms with E-state index in [-0.39, 0.29) is 17.3 Å². The van der Waals surface area contributed by atoms with Crippen molar-refractivity contribution in [2.75, 3.05) is 12.4 Å². The minimum absolute atomic E-state index is 0.296. The van der Waals surface area contributed by atoms with Gasteiger partial charge in [-0.15, -0.1) is 0 Å². The van der Waals surface area contributed by atoms with E-state index >= 15 is 0 Å². The number of hydrogen-bond acceptors (Lipinski definition) is 3. The summed E-state index contributed by atoms with van der Waals surface area (Å²) in [5, 5.41) is 13.3. The van der Waals surface area contributed by atoms with E-state index in [1.807, 2.05) is 30.3 Å². The first kappa shape index (κ1) is 18.0. The lowest BCUT2D eigenvalue weighted by Gasteiger charge is -2.16. The molecule has 5 nitrogen and oxygen atoms in total. The third-order valence-electron chi connectivity index (χ3n) is 5.17. The molecule has 2 aromatic carbocycles. The van der Waals surface area contributed by atoms with Crippen molar-refractivity contribution in [1.82, 2.24) is 4.68 Å². The van der Waals surface area contributed by atoms with Crippen LogP contribution >= 0.6 is 0 Å². The summed E-state index contributed by atoms with van der Waals surface area (Å²) in [5.41, 5.74) is 3.17. The molecule has 0 amide bonds. The number of benzene rings is 2. The standard InChI is InChI=1S/C22H20FN3O2/c23-17-12-10-15(11-13-17)19(14-25(27)28)21-18-8-4-5-9-20(18)26(24)22(21)16-6-2-1-3-7-16/h1-3,6-13,19H,4-5,14,24H2. The van der Waals surface area contributed by atoms with E-state index in [1.54, 1.807) is 16.8 Å². The third-order valence-corrected chi connectivity index (χ3v) is 5.17. The predicted molar refractivity (Wildman–Crippen MR) is 108 cm³/mol. The lowest BCUT2D eigenvalue weighted by Crippen LogP contribution is -2.36. The van der Waals surface area contributed by atoms with Gasteiger partial charge in [-0.05, 0) is 30.5 Å². The van der Waals surface area contributed by atoms with Crippen LogP contribution in [0, 0.1) is 15.9 Å². The number of aromatic nitrogens is 1. The van der Waals surface area contributed by atoms with Gasteiger partial charge in [-0.2, -0.15) is 0 Å². The van der Waals surface area contributed by atoms with Gasteiger partial charge < -0.3 is 5.84 Å². The van der Waals surface area contributed by atoms with Crippen LogP contribution in [-0.2, 0) is 0 Å². The van der Waals surface area contributed by atoms with Gasteiger partial charge in [0.25, 0.3) is 0 Å². The number of nitro groups is 1. The highest BCUT2D eigenvalue weighted by molar-refractivity contribution is 5.68. The van der Waals surface area contributed by atoms with Gasteiger partial charge in [0.05, 0.1) is 17.0 Å². The Kier molecular flexibility index (Phi) is 4.69. The molecule has 142 valence electrons. The van der Waals surface area contributed by atoms with E-state index in [1.165, 1.54) is 12.1 Å². The molecule has 4 rings (SSSR count). The lowest BCUT2D eigenvalue weighted by atomic mass is 9.87. The van der Waals surface area contributed by atoms with Crippen molar-refractivity contribution >= 4 is 12.2 Å². The van der Waals surface area contributed by atoms with Crippen molar-refractivity contribution < 1.29 is 9.31 Å². The monoisotopic (exact) mass is 377 g/mol. The molecule has 0 aliphatic heterocycles. The number of rotatable bonds is 5. The Balaban J connectivity index is 2.04. The van der Waals surface area contributed by atoms with E-state index in [0.29, 0.717) is 5.56 Å². The summed E-state index contributed by atoms with van der Waals surface area (Å²) in [4.78, 5) is 11.2. The second kappa shape index (κ2) is 7.31. The van der Waals surface area contributed by atoms with Gasteiger partial charge in [-0.1, -0.05) is 54.6 Å². The molecule has 0 fully saturated rings. The molecule has 6 heteroatoms. The van der Waals surface area contributed by atoms with Crippen molar-refractivity contribution in [3.05, 3.63) is 92.2 Å². The van der Waals surface area contributed by atoms with Crippen LogP contribution in [0.15, 0.2) is 54.6 Å². The van der Waals surface area contributed by atoms with Gasteiger partial charge in [0.15, 0.2) is 0 Å². The molecular formula is C22H20FN3O2. The molecular weight excluding hydrogens is 357 g/mol. The average molecular weight is 377 g/mol. The van der Waals surface area contributed by atoms with Crippen molar-refractivity contribution in [2.45, 2.75) is 18.8 Å². The van der Waals surface area contributed by atoms with Gasteiger partial charge in [0, 0.05) is 21.3 Å². The Morgan fingerprint density at radius 2 is 1.75 bits per heavy atom. The maximum atomic E-state index is 13.5. The summed E-state index contributed by atoms with van der Waals surface area (Å²) in [6.07, 6.45) is 5.89. The topological polar surface area (TPSA) is 74.1 Å². The quantitative estimate of drug-likeness (QED) is 0.422. The van der Waals surface area contributed by atoms with Gasteiger partial charge in [0.1, 0.15) is 5.82 Å². The number of nitrogens with zero attached hydrogens (tertiary/aromatic N) is 2. The number of nitrogens with two attached hydrogens (primary N) is 1. The van der Waals surface area contributed by atoms with E-state index in [0.717, 1.165) is 40.2 Å². The minimum atomic E-state index is -0.535. The van der Waals surface area contributed by atoms with E-state index in [2.05, 4.69) is 12.2 Å². The van der Waals surface area contributed by atoms with Crippen molar-refractivity contribution in [3.8, 4) is 11.3 Å². The molecule has 28 heavy (non-hydrogen) atoms. The molecule has 1 heterocycles. The first-order chi connectivity index (χ1) is 13.6. The Labute approximate surface area is 161 Å². The summed E-state index contributed by atoms with van der Waals surface area (Å²) >= 11 is 0.